The summed E-state index contributed by atoms with van der Waals surface area (Å²) in [6, 6.07) is 6.22. The maximum atomic E-state index is 5.88. The van der Waals surface area contributed by atoms with Crippen molar-refractivity contribution in [2.75, 3.05) is 25.9 Å². The van der Waals surface area contributed by atoms with Crippen LogP contribution in [-0.2, 0) is 5.54 Å². The van der Waals surface area contributed by atoms with Crippen molar-refractivity contribution in [2.24, 2.45) is 0 Å². The normalized spacial score (nSPS) is 29.0. The third-order valence-corrected chi connectivity index (χ3v) is 3.31. The second kappa shape index (κ2) is 4.55. The van der Waals surface area contributed by atoms with Crippen molar-refractivity contribution in [2.45, 2.75) is 25.4 Å². The zero-order valence-electron chi connectivity index (χ0n) is 10.7. The Hall–Kier alpha value is -1.26. The van der Waals surface area contributed by atoms with Crippen molar-refractivity contribution in [3.05, 3.63) is 23.8 Å². The Morgan fingerprint density at radius 2 is 2.24 bits per heavy atom. The summed E-state index contributed by atoms with van der Waals surface area (Å²) in [5.41, 5.74) is 7.61. The van der Waals surface area contributed by atoms with Gasteiger partial charge in [0.2, 0.25) is 0 Å². The molecule has 0 bridgehead atoms. The van der Waals surface area contributed by atoms with Crippen molar-refractivity contribution >= 4 is 5.69 Å². The number of hydrogen-bond acceptors (Lipinski definition) is 4. The van der Waals surface area contributed by atoms with E-state index >= 15 is 0 Å². The van der Waals surface area contributed by atoms with Gasteiger partial charge in [0, 0.05) is 30.4 Å². The minimum atomic E-state index is -0.140. The maximum absolute atomic E-state index is 5.88. The predicted molar refractivity (Wildman–Crippen MR) is 70.2 cm³/mol. The summed E-state index contributed by atoms with van der Waals surface area (Å²) in [7, 11) is 1.69. The first kappa shape index (κ1) is 12.2. The number of anilines is 1. The molecule has 4 nitrogen and oxygen atoms in total. The van der Waals surface area contributed by atoms with Crippen LogP contribution in [0.4, 0.5) is 5.69 Å². The quantitative estimate of drug-likeness (QED) is 0.671. The van der Waals surface area contributed by atoms with Gasteiger partial charge in [-0.05, 0) is 32.0 Å². The Labute approximate surface area is 103 Å². The molecule has 1 aliphatic heterocycles. The monoisotopic (exact) mass is 235 g/mol. The van der Waals surface area contributed by atoms with Crippen LogP contribution in [0.15, 0.2) is 18.2 Å². The van der Waals surface area contributed by atoms with Gasteiger partial charge >= 0.3 is 0 Å². The molecule has 4 N–H and O–H groups in total. The number of nitrogens with one attached hydrogen (secondary N) is 2. The van der Waals surface area contributed by atoms with Crippen LogP contribution in [0.2, 0.25) is 0 Å². The molecule has 1 saturated heterocycles. The number of piperazine rings is 1. The SMILES string of the molecule is COc1ccc(N)cc1C1(C)CNCC(C)N1. The molecule has 2 rings (SSSR count). The van der Waals surface area contributed by atoms with E-state index in [4.69, 9.17) is 10.5 Å². The molecule has 1 fully saturated rings. The molecule has 1 aliphatic rings. The minimum absolute atomic E-state index is 0.140. The fraction of sp³-hybridized carbons (Fsp3) is 0.538. The van der Waals surface area contributed by atoms with Crippen molar-refractivity contribution in [1.29, 1.82) is 0 Å². The molecule has 94 valence electrons. The fourth-order valence-corrected chi connectivity index (χ4v) is 2.51. The summed E-state index contributed by atoms with van der Waals surface area (Å²) < 4.78 is 5.43. The average Bonchev–Trinajstić information content (AvgIpc) is 2.28. The molecule has 1 aromatic carbocycles. The molecule has 1 heterocycles. The number of rotatable bonds is 2. The Kier molecular flexibility index (Phi) is 3.26. The maximum Gasteiger partial charge on any atom is 0.124 e. The smallest absolute Gasteiger partial charge is 0.124 e. The van der Waals surface area contributed by atoms with Gasteiger partial charge in [0.25, 0.3) is 0 Å². The van der Waals surface area contributed by atoms with E-state index < -0.39 is 0 Å². The number of methoxy groups -OCH3 is 1. The molecule has 0 amide bonds. The summed E-state index contributed by atoms with van der Waals surface area (Å²) in [5.74, 6) is 0.880. The first-order valence-electron chi connectivity index (χ1n) is 5.97. The van der Waals surface area contributed by atoms with Crippen LogP contribution in [0.5, 0.6) is 5.75 Å². The lowest BCUT2D eigenvalue weighted by Gasteiger charge is -2.40. The Morgan fingerprint density at radius 1 is 1.47 bits per heavy atom. The Balaban J connectivity index is 2.40. The van der Waals surface area contributed by atoms with E-state index in [1.165, 1.54) is 0 Å². The molecule has 0 aromatic heterocycles. The van der Waals surface area contributed by atoms with Gasteiger partial charge in [0.1, 0.15) is 5.75 Å². The topological polar surface area (TPSA) is 59.3 Å². The summed E-state index contributed by atoms with van der Waals surface area (Å²) in [6.07, 6.45) is 0. The highest BCUT2D eigenvalue weighted by molar-refractivity contribution is 5.51. The molecule has 2 unspecified atom stereocenters. The first-order chi connectivity index (χ1) is 8.05. The van der Waals surface area contributed by atoms with Crippen molar-refractivity contribution < 1.29 is 4.74 Å². The molecule has 17 heavy (non-hydrogen) atoms. The van der Waals surface area contributed by atoms with Crippen molar-refractivity contribution in [3.63, 3.8) is 0 Å². The van der Waals surface area contributed by atoms with Crippen molar-refractivity contribution in [3.8, 4) is 5.75 Å². The van der Waals surface area contributed by atoms with Gasteiger partial charge in [0.15, 0.2) is 0 Å². The fourth-order valence-electron chi connectivity index (χ4n) is 2.51. The van der Waals surface area contributed by atoms with E-state index in [0.29, 0.717) is 6.04 Å². The molecule has 2 atom stereocenters. The highest BCUT2D eigenvalue weighted by atomic mass is 16.5. The number of ether oxygens (including phenoxy) is 1. The number of benzene rings is 1. The van der Waals surface area contributed by atoms with Gasteiger partial charge in [-0.15, -0.1) is 0 Å². The molecule has 0 saturated carbocycles. The highest BCUT2D eigenvalue weighted by Crippen LogP contribution is 2.32. The molecule has 4 heteroatoms. The van der Waals surface area contributed by atoms with Gasteiger partial charge in [0.05, 0.1) is 12.6 Å². The molecule has 1 aromatic rings. The van der Waals surface area contributed by atoms with Crippen LogP contribution in [0.3, 0.4) is 0 Å². The second-order valence-corrected chi connectivity index (χ2v) is 4.97. The van der Waals surface area contributed by atoms with Crippen LogP contribution in [0.25, 0.3) is 0 Å². The number of hydrogen-bond donors (Lipinski definition) is 3. The van der Waals surface area contributed by atoms with Gasteiger partial charge in [-0.2, -0.15) is 0 Å². The Bertz CT molecular complexity index is 408. The third kappa shape index (κ3) is 2.37. The number of nitrogens with two attached hydrogens (primary N) is 1. The average molecular weight is 235 g/mol. The van der Waals surface area contributed by atoms with E-state index in [9.17, 15) is 0 Å². The zero-order chi connectivity index (χ0) is 12.5. The van der Waals surface area contributed by atoms with Gasteiger partial charge < -0.3 is 21.1 Å². The van der Waals surface area contributed by atoms with Crippen molar-refractivity contribution in [1.82, 2.24) is 10.6 Å². The van der Waals surface area contributed by atoms with Gasteiger partial charge in [-0.3, -0.25) is 0 Å². The molecule has 0 radical (unpaired) electrons. The number of nitrogen functional groups attached to an aromatic ring is 1. The summed E-state index contributed by atoms with van der Waals surface area (Å²) in [6.45, 7) is 6.20. The standard InChI is InChI=1S/C13H21N3O/c1-9-7-15-8-13(2,16-9)11-6-10(14)4-5-12(11)17-3/h4-6,9,15-16H,7-8,14H2,1-3H3. The van der Waals surface area contributed by atoms with Crippen LogP contribution in [-0.4, -0.2) is 26.2 Å². The summed E-state index contributed by atoms with van der Waals surface area (Å²) in [5, 5.41) is 7.05. The third-order valence-electron chi connectivity index (χ3n) is 3.31. The largest absolute Gasteiger partial charge is 0.496 e. The van der Waals surface area contributed by atoms with Crippen LogP contribution in [0, 0.1) is 0 Å². The highest BCUT2D eigenvalue weighted by Gasteiger charge is 2.33. The Morgan fingerprint density at radius 3 is 2.88 bits per heavy atom. The van der Waals surface area contributed by atoms with Crippen LogP contribution >= 0.6 is 0 Å². The van der Waals surface area contributed by atoms with E-state index in [1.807, 2.05) is 18.2 Å². The molecule has 0 aliphatic carbocycles. The second-order valence-electron chi connectivity index (χ2n) is 4.97. The van der Waals surface area contributed by atoms with E-state index in [0.717, 1.165) is 30.1 Å². The zero-order valence-corrected chi connectivity index (χ0v) is 10.7. The van der Waals surface area contributed by atoms with E-state index in [-0.39, 0.29) is 5.54 Å². The lowest BCUT2D eigenvalue weighted by Crippen LogP contribution is -2.59. The summed E-state index contributed by atoms with van der Waals surface area (Å²) in [4.78, 5) is 0. The van der Waals surface area contributed by atoms with Gasteiger partial charge in [-0.25, -0.2) is 0 Å². The van der Waals surface area contributed by atoms with E-state index in [1.54, 1.807) is 7.11 Å². The summed E-state index contributed by atoms with van der Waals surface area (Å²) >= 11 is 0. The van der Waals surface area contributed by atoms with E-state index in [2.05, 4.69) is 24.5 Å². The molecular formula is C13H21N3O. The van der Waals surface area contributed by atoms with Crippen LogP contribution in [0.1, 0.15) is 19.4 Å². The lowest BCUT2D eigenvalue weighted by atomic mass is 9.88. The minimum Gasteiger partial charge on any atom is -0.496 e. The van der Waals surface area contributed by atoms with Gasteiger partial charge in [-0.1, -0.05) is 0 Å². The predicted octanol–water partition coefficient (Wildman–Crippen LogP) is 1.07. The first-order valence-corrected chi connectivity index (χ1v) is 5.97. The lowest BCUT2D eigenvalue weighted by molar-refractivity contribution is 0.247. The molecule has 0 spiro atoms. The molecular weight excluding hydrogens is 214 g/mol. The van der Waals surface area contributed by atoms with Crippen LogP contribution < -0.4 is 21.1 Å².